The number of fused-ring (bicyclic) bond motifs is 1. The third-order valence-corrected chi connectivity index (χ3v) is 5.29. The molecule has 0 aliphatic heterocycles. The number of carbonyl (C=O) groups excluding carboxylic acids is 1. The molecule has 1 fully saturated rings. The lowest BCUT2D eigenvalue weighted by atomic mass is 10.1. The molecule has 3 rings (SSSR count). The molecule has 21 heavy (non-hydrogen) atoms. The van der Waals surface area contributed by atoms with Crippen LogP contribution in [-0.2, 0) is 0 Å². The predicted molar refractivity (Wildman–Crippen MR) is 81.9 cm³/mol. The average molecular weight is 308 g/mol. The molecule has 1 aromatic carbocycles. The van der Waals surface area contributed by atoms with Crippen LogP contribution in [0, 0.1) is 11.7 Å². The Morgan fingerprint density at radius 2 is 2.29 bits per heavy atom. The highest BCUT2D eigenvalue weighted by molar-refractivity contribution is 7.21. The lowest BCUT2D eigenvalue weighted by molar-refractivity contribution is 0.0921. The van der Waals surface area contributed by atoms with Crippen LogP contribution >= 0.6 is 11.3 Å². The van der Waals surface area contributed by atoms with Crippen molar-refractivity contribution in [2.45, 2.75) is 25.3 Å². The Hall–Kier alpha value is -1.66. The van der Waals surface area contributed by atoms with E-state index in [2.05, 4.69) is 5.32 Å². The highest BCUT2D eigenvalue weighted by Gasteiger charge is 2.29. The highest BCUT2D eigenvalue weighted by Crippen LogP contribution is 2.35. The third kappa shape index (κ3) is 2.49. The summed E-state index contributed by atoms with van der Waals surface area (Å²) in [6.45, 7) is 0.0709. The van der Waals surface area contributed by atoms with Crippen LogP contribution < -0.4 is 11.1 Å². The second-order valence-corrected chi connectivity index (χ2v) is 6.46. The van der Waals surface area contributed by atoms with Crippen molar-refractivity contribution in [2.24, 2.45) is 5.92 Å². The van der Waals surface area contributed by atoms with E-state index in [4.69, 9.17) is 5.73 Å². The van der Waals surface area contributed by atoms with E-state index in [1.807, 2.05) is 0 Å². The van der Waals surface area contributed by atoms with Crippen molar-refractivity contribution >= 4 is 33.0 Å². The molecule has 0 saturated heterocycles. The summed E-state index contributed by atoms with van der Waals surface area (Å²) in [4.78, 5) is 12.7. The molecule has 1 saturated carbocycles. The lowest BCUT2D eigenvalue weighted by Crippen LogP contribution is -2.38. The minimum absolute atomic E-state index is 0.0306. The number of aliphatic hydroxyl groups is 1. The first-order chi connectivity index (χ1) is 10.1. The summed E-state index contributed by atoms with van der Waals surface area (Å²) in [5.41, 5.74) is 6.14. The molecule has 1 heterocycles. The average Bonchev–Trinajstić information content (AvgIpc) is 3.04. The van der Waals surface area contributed by atoms with Gasteiger partial charge in [0.15, 0.2) is 0 Å². The smallest absolute Gasteiger partial charge is 0.263 e. The molecule has 0 bridgehead atoms. The van der Waals surface area contributed by atoms with E-state index in [0.717, 1.165) is 19.3 Å². The number of halogens is 1. The number of nitrogens with one attached hydrogen (secondary N) is 1. The molecule has 0 radical (unpaired) electrons. The first kappa shape index (κ1) is 14.3. The summed E-state index contributed by atoms with van der Waals surface area (Å²) >= 11 is 1.20. The zero-order valence-corrected chi connectivity index (χ0v) is 12.3. The van der Waals surface area contributed by atoms with Crippen LogP contribution in [-0.4, -0.2) is 23.7 Å². The number of thiophene rings is 1. The Bertz CT molecular complexity index is 686. The Kier molecular flexibility index (Phi) is 3.82. The molecule has 1 amide bonds. The number of hydrogen-bond acceptors (Lipinski definition) is 4. The molecular weight excluding hydrogens is 291 g/mol. The number of aliphatic hydroxyl groups excluding tert-OH is 1. The summed E-state index contributed by atoms with van der Waals surface area (Å²) in [5, 5.41) is 12.5. The van der Waals surface area contributed by atoms with Gasteiger partial charge in [0.2, 0.25) is 0 Å². The van der Waals surface area contributed by atoms with E-state index in [1.165, 1.54) is 17.4 Å². The fraction of sp³-hybridized carbons (Fsp3) is 0.400. The van der Waals surface area contributed by atoms with Crippen LogP contribution in [0.4, 0.5) is 10.1 Å². The number of hydrogen-bond donors (Lipinski definition) is 3. The van der Waals surface area contributed by atoms with Crippen LogP contribution in [0.2, 0.25) is 0 Å². The third-order valence-electron chi connectivity index (χ3n) is 4.12. The minimum Gasteiger partial charge on any atom is -0.397 e. The van der Waals surface area contributed by atoms with E-state index < -0.39 is 5.82 Å². The van der Waals surface area contributed by atoms with E-state index in [9.17, 15) is 14.3 Å². The van der Waals surface area contributed by atoms with Gasteiger partial charge in [0, 0.05) is 23.3 Å². The standard InChI is InChI=1S/C15H17FN2O2S/c16-9-4-2-6-11-12(9)13(17)14(21-11)15(20)18-10-5-1-3-8(10)7-19/h2,4,6,8,10,19H,1,3,5,7,17H2,(H,18,20). The van der Waals surface area contributed by atoms with Crippen LogP contribution in [0.3, 0.4) is 0 Å². The first-order valence-electron chi connectivity index (χ1n) is 7.00. The highest BCUT2D eigenvalue weighted by atomic mass is 32.1. The van der Waals surface area contributed by atoms with E-state index in [1.54, 1.807) is 12.1 Å². The Morgan fingerprint density at radius 1 is 1.48 bits per heavy atom. The van der Waals surface area contributed by atoms with Gasteiger partial charge in [0.1, 0.15) is 10.7 Å². The van der Waals surface area contributed by atoms with E-state index >= 15 is 0 Å². The monoisotopic (exact) mass is 308 g/mol. The lowest BCUT2D eigenvalue weighted by Gasteiger charge is -2.18. The number of anilines is 1. The largest absolute Gasteiger partial charge is 0.397 e. The van der Waals surface area contributed by atoms with Crippen molar-refractivity contribution < 1.29 is 14.3 Å². The Morgan fingerprint density at radius 3 is 3.00 bits per heavy atom. The summed E-state index contributed by atoms with van der Waals surface area (Å²) < 4.78 is 14.5. The molecular formula is C15H17FN2O2S. The molecule has 2 unspecified atom stereocenters. The zero-order chi connectivity index (χ0) is 15.0. The molecule has 1 aliphatic rings. The number of benzene rings is 1. The molecule has 112 valence electrons. The van der Waals surface area contributed by atoms with Gasteiger partial charge in [-0.2, -0.15) is 0 Å². The fourth-order valence-corrected chi connectivity index (χ4v) is 4.02. The molecule has 0 spiro atoms. The van der Waals surface area contributed by atoms with Gasteiger partial charge < -0.3 is 16.2 Å². The van der Waals surface area contributed by atoms with Crippen LogP contribution in [0.25, 0.3) is 10.1 Å². The Labute approximate surface area is 125 Å². The van der Waals surface area contributed by atoms with Crippen molar-refractivity contribution in [2.75, 3.05) is 12.3 Å². The molecule has 4 N–H and O–H groups in total. The van der Waals surface area contributed by atoms with Gasteiger partial charge >= 0.3 is 0 Å². The van der Waals surface area contributed by atoms with Crippen LogP contribution in [0.5, 0.6) is 0 Å². The zero-order valence-electron chi connectivity index (χ0n) is 11.4. The van der Waals surface area contributed by atoms with Crippen molar-refractivity contribution in [3.8, 4) is 0 Å². The van der Waals surface area contributed by atoms with Gasteiger partial charge in [-0.15, -0.1) is 11.3 Å². The maximum atomic E-state index is 13.8. The Balaban J connectivity index is 1.88. The van der Waals surface area contributed by atoms with Crippen molar-refractivity contribution in [1.82, 2.24) is 5.32 Å². The van der Waals surface area contributed by atoms with Crippen LogP contribution in [0.15, 0.2) is 18.2 Å². The summed E-state index contributed by atoms with van der Waals surface area (Å²) in [7, 11) is 0. The normalized spacial score (nSPS) is 21.8. The summed E-state index contributed by atoms with van der Waals surface area (Å²) in [5.74, 6) is -0.589. The first-order valence-corrected chi connectivity index (χ1v) is 7.81. The number of nitrogen functional groups attached to an aromatic ring is 1. The number of rotatable bonds is 3. The summed E-state index contributed by atoms with van der Waals surface area (Å²) in [6, 6.07) is 4.67. The van der Waals surface area contributed by atoms with E-state index in [0.29, 0.717) is 15.0 Å². The molecule has 2 atom stereocenters. The molecule has 1 aliphatic carbocycles. The van der Waals surface area contributed by atoms with Gasteiger partial charge in [-0.25, -0.2) is 4.39 Å². The minimum atomic E-state index is -0.408. The number of amides is 1. The molecule has 6 heteroatoms. The quantitative estimate of drug-likeness (QED) is 0.815. The number of nitrogens with two attached hydrogens (primary N) is 1. The van der Waals surface area contributed by atoms with Crippen LogP contribution in [0.1, 0.15) is 28.9 Å². The molecule has 4 nitrogen and oxygen atoms in total. The number of carbonyl (C=O) groups is 1. The van der Waals surface area contributed by atoms with Gasteiger partial charge in [0.05, 0.1) is 11.1 Å². The van der Waals surface area contributed by atoms with E-state index in [-0.39, 0.29) is 30.2 Å². The van der Waals surface area contributed by atoms with Gasteiger partial charge in [-0.05, 0) is 25.0 Å². The van der Waals surface area contributed by atoms with Crippen molar-refractivity contribution in [3.63, 3.8) is 0 Å². The van der Waals surface area contributed by atoms with Gasteiger partial charge in [-0.3, -0.25) is 4.79 Å². The maximum absolute atomic E-state index is 13.8. The topological polar surface area (TPSA) is 75.4 Å². The SMILES string of the molecule is Nc1c(C(=O)NC2CCCC2CO)sc2cccc(F)c12. The molecule has 1 aromatic heterocycles. The second kappa shape index (κ2) is 5.61. The fourth-order valence-electron chi connectivity index (χ4n) is 2.98. The molecule has 2 aromatic rings. The van der Waals surface area contributed by atoms with Gasteiger partial charge in [-0.1, -0.05) is 12.5 Å². The van der Waals surface area contributed by atoms with Crippen molar-refractivity contribution in [3.05, 3.63) is 28.9 Å². The maximum Gasteiger partial charge on any atom is 0.263 e. The van der Waals surface area contributed by atoms with Crippen molar-refractivity contribution in [1.29, 1.82) is 0 Å². The summed E-state index contributed by atoms with van der Waals surface area (Å²) in [6.07, 6.45) is 2.76. The predicted octanol–water partition coefficient (Wildman–Crippen LogP) is 2.51. The van der Waals surface area contributed by atoms with Gasteiger partial charge in [0.25, 0.3) is 5.91 Å². The second-order valence-electron chi connectivity index (χ2n) is 5.41.